The van der Waals surface area contributed by atoms with Crippen LogP contribution in [0.5, 0.6) is 0 Å². The molecule has 0 bridgehead atoms. The summed E-state index contributed by atoms with van der Waals surface area (Å²) in [4.78, 5) is 14.5. The molecule has 2 aliphatic heterocycles. The summed E-state index contributed by atoms with van der Waals surface area (Å²) in [6.45, 7) is 3.62. The molecule has 1 aromatic rings. The molecule has 1 aromatic heterocycles. The molecule has 2 aliphatic rings. The predicted octanol–water partition coefficient (Wildman–Crippen LogP) is 2.23. The number of halogens is 2. The van der Waals surface area contributed by atoms with Crippen molar-refractivity contribution in [2.75, 3.05) is 26.2 Å². The van der Waals surface area contributed by atoms with Crippen molar-refractivity contribution >= 4 is 34.2 Å². The highest BCUT2D eigenvalue weighted by Gasteiger charge is 2.29. The van der Waals surface area contributed by atoms with E-state index in [1.54, 1.807) is 0 Å². The quantitative estimate of drug-likeness (QED) is 0.860. The molecule has 1 amide bonds. The van der Waals surface area contributed by atoms with Crippen LogP contribution in [0.1, 0.15) is 31.7 Å². The Balaban J connectivity index is 0.00000161. The summed E-state index contributed by atoms with van der Waals surface area (Å²) in [6, 6.07) is 0.426. The summed E-state index contributed by atoms with van der Waals surface area (Å²) >= 11 is 3.43. The van der Waals surface area contributed by atoms with Crippen LogP contribution in [0.15, 0.2) is 16.9 Å². The van der Waals surface area contributed by atoms with Crippen LogP contribution in [0.2, 0.25) is 0 Å². The summed E-state index contributed by atoms with van der Waals surface area (Å²) in [7, 11) is 0. The topological polar surface area (TPSA) is 50.2 Å². The molecule has 7 heteroatoms. The first kappa shape index (κ1) is 16.8. The van der Waals surface area contributed by atoms with Gasteiger partial charge in [-0.1, -0.05) is 0 Å². The van der Waals surface area contributed by atoms with Crippen molar-refractivity contribution in [1.29, 1.82) is 0 Å². The highest BCUT2D eigenvalue weighted by Crippen LogP contribution is 2.25. The number of hydrogen-bond acceptors (Lipinski definition) is 3. The van der Waals surface area contributed by atoms with E-state index in [-0.39, 0.29) is 18.3 Å². The number of aromatic nitrogens is 2. The molecule has 3 rings (SSSR count). The molecule has 5 nitrogen and oxygen atoms in total. The zero-order valence-corrected chi connectivity index (χ0v) is 14.4. The van der Waals surface area contributed by atoms with Crippen LogP contribution in [-0.2, 0) is 4.79 Å². The molecule has 0 aromatic carbocycles. The molecule has 118 valence electrons. The van der Waals surface area contributed by atoms with E-state index in [2.05, 4.69) is 26.3 Å². The van der Waals surface area contributed by atoms with Gasteiger partial charge in [0.15, 0.2) is 0 Å². The smallest absolute Gasteiger partial charge is 0.226 e. The van der Waals surface area contributed by atoms with Crippen LogP contribution in [0.25, 0.3) is 0 Å². The maximum atomic E-state index is 12.5. The Hall–Kier alpha value is -0.590. The highest BCUT2D eigenvalue weighted by molar-refractivity contribution is 9.10. The molecule has 3 heterocycles. The summed E-state index contributed by atoms with van der Waals surface area (Å²) in [5.41, 5.74) is 0. The third-order valence-corrected chi connectivity index (χ3v) is 4.78. The molecule has 0 radical (unpaired) electrons. The Bertz CT molecular complexity index is 467. The number of nitrogens with one attached hydrogen (secondary N) is 1. The van der Waals surface area contributed by atoms with Gasteiger partial charge in [-0.3, -0.25) is 9.48 Å². The Morgan fingerprint density at radius 3 is 2.67 bits per heavy atom. The van der Waals surface area contributed by atoms with E-state index in [1.807, 2.05) is 22.0 Å². The number of carbonyl (C=O) groups is 1. The monoisotopic (exact) mass is 376 g/mol. The van der Waals surface area contributed by atoms with Gasteiger partial charge in [-0.05, 0) is 48.2 Å². The van der Waals surface area contributed by atoms with Crippen LogP contribution in [0, 0.1) is 5.92 Å². The summed E-state index contributed by atoms with van der Waals surface area (Å²) < 4.78 is 3.04. The molecule has 2 fully saturated rings. The molecule has 0 aliphatic carbocycles. The first-order chi connectivity index (χ1) is 9.74. The zero-order valence-electron chi connectivity index (χ0n) is 12.0. The van der Waals surface area contributed by atoms with Gasteiger partial charge in [-0.15, -0.1) is 12.4 Å². The van der Waals surface area contributed by atoms with Gasteiger partial charge in [0.2, 0.25) is 5.91 Å². The van der Waals surface area contributed by atoms with Crippen LogP contribution in [0.4, 0.5) is 0 Å². The van der Waals surface area contributed by atoms with Crippen molar-refractivity contribution < 1.29 is 4.79 Å². The van der Waals surface area contributed by atoms with Crippen LogP contribution >= 0.6 is 28.3 Å². The van der Waals surface area contributed by atoms with Gasteiger partial charge < -0.3 is 10.2 Å². The second-order valence-electron chi connectivity index (χ2n) is 5.74. The maximum Gasteiger partial charge on any atom is 0.226 e. The Morgan fingerprint density at radius 1 is 1.33 bits per heavy atom. The Kier molecular flexibility index (Phi) is 6.08. The van der Waals surface area contributed by atoms with Gasteiger partial charge in [0.05, 0.1) is 22.6 Å². The lowest BCUT2D eigenvalue weighted by Crippen LogP contribution is -2.46. The minimum atomic E-state index is 0. The number of carbonyl (C=O) groups excluding carboxylic acids is 1. The maximum absolute atomic E-state index is 12.5. The number of nitrogens with zero attached hydrogens (tertiary/aromatic N) is 3. The van der Waals surface area contributed by atoms with Crippen molar-refractivity contribution in [3.8, 4) is 0 Å². The second-order valence-corrected chi connectivity index (χ2v) is 6.65. The normalized spacial score (nSPS) is 23.7. The van der Waals surface area contributed by atoms with Crippen LogP contribution in [-0.4, -0.2) is 46.8 Å². The van der Waals surface area contributed by atoms with Gasteiger partial charge in [-0.2, -0.15) is 5.10 Å². The fourth-order valence-electron chi connectivity index (χ4n) is 3.19. The number of hydrogen-bond donors (Lipinski definition) is 1. The fourth-order valence-corrected chi connectivity index (χ4v) is 3.49. The lowest BCUT2D eigenvalue weighted by atomic mass is 9.96. The molecule has 21 heavy (non-hydrogen) atoms. The standard InChI is InChI=1S/C14H21BrN4O.ClH/c15-12-9-17-19(10-12)13-3-6-18(7-4-13)14(20)11-2-1-5-16-8-11;/h9-11,13,16H,1-8H2;1H. The zero-order chi connectivity index (χ0) is 13.9. The SMILES string of the molecule is Cl.O=C(C1CCCNC1)N1CCC(n2cc(Br)cn2)CC1. The van der Waals surface area contributed by atoms with E-state index in [0.717, 1.165) is 56.3 Å². The molecule has 1 N–H and O–H groups in total. The minimum absolute atomic E-state index is 0. The number of amides is 1. The summed E-state index contributed by atoms with van der Waals surface area (Å²) in [5, 5.41) is 7.68. The number of piperidine rings is 2. The van der Waals surface area contributed by atoms with E-state index in [0.29, 0.717) is 11.9 Å². The van der Waals surface area contributed by atoms with Gasteiger partial charge >= 0.3 is 0 Å². The van der Waals surface area contributed by atoms with Crippen molar-refractivity contribution in [1.82, 2.24) is 20.0 Å². The van der Waals surface area contributed by atoms with Gasteiger partial charge in [0.25, 0.3) is 0 Å². The third-order valence-electron chi connectivity index (χ3n) is 4.37. The van der Waals surface area contributed by atoms with Gasteiger partial charge in [0, 0.05) is 25.8 Å². The summed E-state index contributed by atoms with van der Waals surface area (Å²) in [5.74, 6) is 0.538. The third kappa shape index (κ3) is 3.99. The van der Waals surface area contributed by atoms with E-state index >= 15 is 0 Å². The van der Waals surface area contributed by atoms with Gasteiger partial charge in [0.1, 0.15) is 0 Å². The Morgan fingerprint density at radius 2 is 2.10 bits per heavy atom. The van der Waals surface area contributed by atoms with Gasteiger partial charge in [-0.25, -0.2) is 0 Å². The van der Waals surface area contributed by atoms with Crippen molar-refractivity contribution in [3.63, 3.8) is 0 Å². The first-order valence-corrected chi connectivity index (χ1v) is 8.22. The van der Waals surface area contributed by atoms with E-state index in [1.165, 1.54) is 0 Å². The summed E-state index contributed by atoms with van der Waals surface area (Å²) in [6.07, 6.45) is 8.00. The van der Waals surface area contributed by atoms with E-state index in [4.69, 9.17) is 0 Å². The highest BCUT2D eigenvalue weighted by atomic mass is 79.9. The van der Waals surface area contributed by atoms with E-state index in [9.17, 15) is 4.79 Å². The fraction of sp³-hybridized carbons (Fsp3) is 0.714. The molecule has 2 saturated heterocycles. The molecular weight excluding hydrogens is 356 g/mol. The van der Waals surface area contributed by atoms with Crippen molar-refractivity contribution in [2.24, 2.45) is 5.92 Å². The Labute approximate surface area is 140 Å². The lowest BCUT2D eigenvalue weighted by Gasteiger charge is -2.35. The van der Waals surface area contributed by atoms with Crippen molar-refractivity contribution in [3.05, 3.63) is 16.9 Å². The molecule has 0 saturated carbocycles. The molecular formula is C14H22BrClN4O. The van der Waals surface area contributed by atoms with Crippen molar-refractivity contribution in [2.45, 2.75) is 31.7 Å². The first-order valence-electron chi connectivity index (χ1n) is 7.43. The minimum Gasteiger partial charge on any atom is -0.342 e. The molecule has 1 atom stereocenters. The number of rotatable bonds is 2. The predicted molar refractivity (Wildman–Crippen MR) is 87.6 cm³/mol. The van der Waals surface area contributed by atoms with E-state index < -0.39 is 0 Å². The average Bonchev–Trinajstić information content (AvgIpc) is 2.94. The number of likely N-dealkylation sites (tertiary alicyclic amines) is 1. The second kappa shape index (κ2) is 7.61. The lowest BCUT2D eigenvalue weighted by molar-refractivity contribution is -0.137. The largest absolute Gasteiger partial charge is 0.342 e. The van der Waals surface area contributed by atoms with Crippen LogP contribution < -0.4 is 5.32 Å². The molecule has 0 spiro atoms. The van der Waals surface area contributed by atoms with Crippen LogP contribution in [0.3, 0.4) is 0 Å². The average molecular weight is 378 g/mol. The molecule has 1 unspecified atom stereocenters.